The molecule has 160 valence electrons. The number of nitro benzene ring substituents is 1. The van der Waals surface area contributed by atoms with Gasteiger partial charge in [0.2, 0.25) is 15.9 Å². The van der Waals surface area contributed by atoms with Crippen molar-refractivity contribution in [3.63, 3.8) is 0 Å². The van der Waals surface area contributed by atoms with Crippen LogP contribution in [0.5, 0.6) is 0 Å². The summed E-state index contributed by atoms with van der Waals surface area (Å²) in [5.41, 5.74) is -0.00338. The van der Waals surface area contributed by atoms with Crippen LogP contribution in [0.3, 0.4) is 0 Å². The highest BCUT2D eigenvalue weighted by atomic mass is 35.5. The molecule has 0 saturated carbocycles. The van der Waals surface area contributed by atoms with Crippen LogP contribution in [-0.4, -0.2) is 59.9 Å². The van der Waals surface area contributed by atoms with Crippen molar-refractivity contribution in [3.05, 3.63) is 63.7 Å². The number of nitro groups is 1. The maximum absolute atomic E-state index is 12.8. The fourth-order valence-electron chi connectivity index (χ4n) is 3.06. The summed E-state index contributed by atoms with van der Waals surface area (Å²) in [6.45, 7) is 2.80. The van der Waals surface area contributed by atoms with Gasteiger partial charge in [0, 0.05) is 48.2 Å². The Hall–Kier alpha value is -2.14. The number of hydrogen-bond acceptors (Lipinski definition) is 6. The first-order valence-corrected chi connectivity index (χ1v) is 11.8. The molecule has 30 heavy (non-hydrogen) atoms. The van der Waals surface area contributed by atoms with Crippen molar-refractivity contribution in [1.29, 1.82) is 0 Å². The fourth-order valence-corrected chi connectivity index (χ4v) is 5.56. The van der Waals surface area contributed by atoms with Gasteiger partial charge in [0.15, 0.2) is 0 Å². The number of amides is 1. The minimum Gasteiger partial charge on any atom is -0.339 e. The largest absolute Gasteiger partial charge is 0.339 e. The van der Waals surface area contributed by atoms with E-state index < -0.39 is 20.2 Å². The second-order valence-electron chi connectivity index (χ2n) is 6.69. The number of benzene rings is 2. The molecule has 0 spiro atoms. The Morgan fingerprint density at radius 1 is 1.07 bits per heavy atom. The molecule has 1 saturated heterocycles. The van der Waals surface area contributed by atoms with Gasteiger partial charge < -0.3 is 4.90 Å². The zero-order valence-corrected chi connectivity index (χ0v) is 18.5. The van der Waals surface area contributed by atoms with Crippen LogP contribution in [0.15, 0.2) is 58.3 Å². The normalized spacial score (nSPS) is 16.3. The fraction of sp³-hybridized carbons (Fsp3) is 0.316. The predicted octanol–water partition coefficient (Wildman–Crippen LogP) is 3.26. The van der Waals surface area contributed by atoms with E-state index in [1.54, 1.807) is 24.0 Å². The zero-order chi connectivity index (χ0) is 21.9. The summed E-state index contributed by atoms with van der Waals surface area (Å²) in [4.78, 5) is 25.6. The Morgan fingerprint density at radius 3 is 2.17 bits per heavy atom. The number of non-ortho nitro benzene ring substituents is 1. The standard InChI is InChI=1S/C19H20ClN3O5S2/c1-14(29-17-6-4-16(5-7-17)23(25)26)19(24)21-10-12-22(13-11-21)30(27,28)18-8-2-15(20)3-9-18/h2-9,14H,10-13H2,1H3/t14-/m1/s1. The molecule has 11 heteroatoms. The monoisotopic (exact) mass is 469 g/mol. The lowest BCUT2D eigenvalue weighted by molar-refractivity contribution is -0.384. The van der Waals surface area contributed by atoms with E-state index in [0.717, 1.165) is 4.90 Å². The van der Waals surface area contributed by atoms with Crippen molar-refractivity contribution in [1.82, 2.24) is 9.21 Å². The van der Waals surface area contributed by atoms with Crippen molar-refractivity contribution < 1.29 is 18.1 Å². The Morgan fingerprint density at radius 2 is 1.63 bits per heavy atom. The van der Waals surface area contributed by atoms with Crippen molar-refractivity contribution in [2.45, 2.75) is 22.0 Å². The zero-order valence-electron chi connectivity index (χ0n) is 16.1. The molecule has 0 bridgehead atoms. The summed E-state index contributed by atoms with van der Waals surface area (Å²) in [5, 5.41) is 10.8. The molecule has 0 unspecified atom stereocenters. The van der Waals surface area contributed by atoms with Gasteiger partial charge in [-0.2, -0.15) is 4.31 Å². The third kappa shape index (κ3) is 5.12. The van der Waals surface area contributed by atoms with Crippen LogP contribution in [0.25, 0.3) is 0 Å². The Bertz CT molecular complexity index is 1020. The van der Waals surface area contributed by atoms with E-state index in [9.17, 15) is 23.3 Å². The van der Waals surface area contributed by atoms with Crippen molar-refractivity contribution in [2.75, 3.05) is 26.2 Å². The summed E-state index contributed by atoms with van der Waals surface area (Å²) >= 11 is 7.14. The molecule has 0 aliphatic carbocycles. The second-order valence-corrected chi connectivity index (χ2v) is 10.5. The summed E-state index contributed by atoms with van der Waals surface area (Å²) in [6.07, 6.45) is 0. The number of hydrogen-bond donors (Lipinski definition) is 0. The van der Waals surface area contributed by atoms with Crippen LogP contribution >= 0.6 is 23.4 Å². The number of halogens is 1. The lowest BCUT2D eigenvalue weighted by atomic mass is 10.3. The maximum atomic E-state index is 12.8. The molecule has 0 N–H and O–H groups in total. The van der Waals surface area contributed by atoms with E-state index in [2.05, 4.69) is 0 Å². The molecule has 8 nitrogen and oxygen atoms in total. The molecule has 2 aromatic rings. The summed E-state index contributed by atoms with van der Waals surface area (Å²) in [7, 11) is -3.63. The lowest BCUT2D eigenvalue weighted by Crippen LogP contribution is -2.52. The number of carbonyl (C=O) groups excluding carboxylic acids is 1. The predicted molar refractivity (Wildman–Crippen MR) is 115 cm³/mol. The molecule has 1 atom stereocenters. The van der Waals surface area contributed by atoms with Gasteiger partial charge in [-0.1, -0.05) is 11.6 Å². The quantitative estimate of drug-likeness (QED) is 0.365. The van der Waals surface area contributed by atoms with Gasteiger partial charge in [-0.05, 0) is 43.3 Å². The highest BCUT2D eigenvalue weighted by molar-refractivity contribution is 8.00. The number of nitrogens with zero attached hydrogens (tertiary/aromatic N) is 3. The van der Waals surface area contributed by atoms with E-state index in [1.807, 2.05) is 0 Å². The molecule has 1 heterocycles. The lowest BCUT2D eigenvalue weighted by Gasteiger charge is -2.35. The van der Waals surface area contributed by atoms with Gasteiger partial charge in [-0.25, -0.2) is 8.42 Å². The smallest absolute Gasteiger partial charge is 0.269 e. The number of carbonyl (C=O) groups is 1. The first-order chi connectivity index (χ1) is 14.2. The van der Waals surface area contributed by atoms with Crippen LogP contribution in [-0.2, 0) is 14.8 Å². The molecule has 2 aromatic carbocycles. The first kappa shape index (κ1) is 22.5. The second kappa shape index (κ2) is 9.34. The third-order valence-corrected chi connectivity index (χ3v) is 7.97. The summed E-state index contributed by atoms with van der Waals surface area (Å²) in [6, 6.07) is 12.0. The van der Waals surface area contributed by atoms with Gasteiger partial charge in [-0.3, -0.25) is 14.9 Å². The number of thioether (sulfide) groups is 1. The van der Waals surface area contributed by atoms with Crippen molar-refractivity contribution >= 4 is 45.0 Å². The van der Waals surface area contributed by atoms with Crippen LogP contribution in [0.2, 0.25) is 5.02 Å². The maximum Gasteiger partial charge on any atom is 0.269 e. The van der Waals surface area contributed by atoms with Crippen molar-refractivity contribution in [3.8, 4) is 0 Å². The van der Waals surface area contributed by atoms with Gasteiger partial charge in [0.25, 0.3) is 5.69 Å². The van der Waals surface area contributed by atoms with Crippen LogP contribution < -0.4 is 0 Å². The topological polar surface area (TPSA) is 101 Å². The number of rotatable bonds is 6. The Balaban J connectivity index is 1.58. The van der Waals surface area contributed by atoms with Gasteiger partial charge >= 0.3 is 0 Å². The molecule has 1 fully saturated rings. The average Bonchev–Trinajstić information content (AvgIpc) is 2.74. The molecular weight excluding hydrogens is 450 g/mol. The van der Waals surface area contributed by atoms with Crippen LogP contribution in [0, 0.1) is 10.1 Å². The highest BCUT2D eigenvalue weighted by Crippen LogP contribution is 2.27. The van der Waals surface area contributed by atoms with E-state index in [-0.39, 0.29) is 29.6 Å². The number of piperazine rings is 1. The Labute approximate surface area is 184 Å². The highest BCUT2D eigenvalue weighted by Gasteiger charge is 2.31. The van der Waals surface area contributed by atoms with Gasteiger partial charge in [0.1, 0.15) is 0 Å². The molecular formula is C19H20ClN3O5S2. The minimum absolute atomic E-state index is 0.00338. The Kier molecular flexibility index (Phi) is 7.02. The molecule has 1 aliphatic rings. The SMILES string of the molecule is C[C@@H](Sc1ccc([N+](=O)[O-])cc1)C(=O)N1CCN(S(=O)(=O)c2ccc(Cl)cc2)CC1. The van der Waals surface area contributed by atoms with E-state index >= 15 is 0 Å². The van der Waals surface area contributed by atoms with E-state index in [4.69, 9.17) is 11.6 Å². The molecule has 0 aromatic heterocycles. The van der Waals surface area contributed by atoms with E-state index in [0.29, 0.717) is 18.1 Å². The van der Waals surface area contributed by atoms with Crippen molar-refractivity contribution in [2.24, 2.45) is 0 Å². The molecule has 3 rings (SSSR count). The number of sulfonamides is 1. The van der Waals surface area contributed by atoms with E-state index in [1.165, 1.54) is 52.5 Å². The van der Waals surface area contributed by atoms with Crippen LogP contribution in [0.4, 0.5) is 5.69 Å². The summed E-state index contributed by atoms with van der Waals surface area (Å²) in [5.74, 6) is -0.0955. The first-order valence-electron chi connectivity index (χ1n) is 9.14. The van der Waals surface area contributed by atoms with Crippen LogP contribution in [0.1, 0.15) is 6.92 Å². The minimum atomic E-state index is -3.63. The van der Waals surface area contributed by atoms with Gasteiger partial charge in [0.05, 0.1) is 15.1 Å². The van der Waals surface area contributed by atoms with Gasteiger partial charge in [-0.15, -0.1) is 11.8 Å². The third-order valence-electron chi connectivity index (χ3n) is 4.71. The summed E-state index contributed by atoms with van der Waals surface area (Å²) < 4.78 is 26.9. The average molecular weight is 470 g/mol. The molecule has 0 radical (unpaired) electrons. The molecule has 1 amide bonds. The molecule has 1 aliphatic heterocycles.